The highest BCUT2D eigenvalue weighted by atomic mass is 16.5. The first-order valence-corrected chi connectivity index (χ1v) is 19.5. The van der Waals surface area contributed by atoms with Crippen molar-refractivity contribution >= 4 is 0 Å². The summed E-state index contributed by atoms with van der Waals surface area (Å²) in [5, 5.41) is 0. The molecule has 0 bridgehead atoms. The van der Waals surface area contributed by atoms with Gasteiger partial charge in [-0.2, -0.15) is 0 Å². The minimum Gasteiger partial charge on any atom is -0.457 e. The lowest BCUT2D eigenvalue weighted by Crippen LogP contribution is -2.24. The zero-order chi connectivity index (χ0) is 39.1. The van der Waals surface area contributed by atoms with Crippen LogP contribution in [-0.4, -0.2) is 19.9 Å². The number of fused-ring (bicyclic) bond motifs is 2. The van der Waals surface area contributed by atoms with Gasteiger partial charge in [-0.1, -0.05) is 135 Å². The minimum absolute atomic E-state index is 0.191. The molecule has 5 nitrogen and oxygen atoms in total. The van der Waals surface area contributed by atoms with Crippen LogP contribution in [0.15, 0.2) is 194 Å². The van der Waals surface area contributed by atoms with Crippen LogP contribution in [0.2, 0.25) is 0 Å². The highest BCUT2D eigenvalue weighted by Gasteiger charge is 2.34. The van der Waals surface area contributed by atoms with Crippen LogP contribution in [0.3, 0.4) is 0 Å². The van der Waals surface area contributed by atoms with Crippen LogP contribution in [0.5, 0.6) is 11.5 Å². The van der Waals surface area contributed by atoms with E-state index in [1.165, 1.54) is 11.1 Å². The Balaban J connectivity index is 1.06. The topological polar surface area (TPSA) is 60.8 Å². The van der Waals surface area contributed by atoms with Crippen molar-refractivity contribution in [2.24, 2.45) is 0 Å². The molecule has 0 amide bonds. The first-order valence-electron chi connectivity index (χ1n) is 19.5. The second-order valence-electron chi connectivity index (χ2n) is 15.2. The summed E-state index contributed by atoms with van der Waals surface area (Å²) in [5.74, 6) is 3.70. The van der Waals surface area contributed by atoms with Crippen LogP contribution < -0.4 is 4.74 Å². The van der Waals surface area contributed by atoms with E-state index in [1.807, 2.05) is 91.3 Å². The van der Waals surface area contributed by atoms with Gasteiger partial charge < -0.3 is 4.74 Å². The van der Waals surface area contributed by atoms with Gasteiger partial charge in [0.1, 0.15) is 11.5 Å². The Bertz CT molecular complexity index is 2890. The van der Waals surface area contributed by atoms with E-state index in [1.54, 1.807) is 0 Å². The van der Waals surface area contributed by atoms with E-state index in [0.29, 0.717) is 17.5 Å². The lowest BCUT2D eigenvalue weighted by Gasteiger charge is -2.34. The molecule has 9 aromatic rings. The molecule has 0 unspecified atom stereocenters. The summed E-state index contributed by atoms with van der Waals surface area (Å²) < 4.78 is 6.36. The number of pyridine rings is 1. The van der Waals surface area contributed by atoms with Crippen molar-refractivity contribution in [1.29, 1.82) is 0 Å². The van der Waals surface area contributed by atoms with Gasteiger partial charge in [0.25, 0.3) is 0 Å². The zero-order valence-electron chi connectivity index (χ0n) is 32.2. The van der Waals surface area contributed by atoms with Gasteiger partial charge in [-0.15, -0.1) is 0 Å². The first-order chi connectivity index (χ1) is 28.5. The largest absolute Gasteiger partial charge is 0.457 e. The van der Waals surface area contributed by atoms with Gasteiger partial charge in [-0.05, 0) is 105 Å². The van der Waals surface area contributed by atoms with Crippen molar-refractivity contribution in [1.82, 2.24) is 19.9 Å². The van der Waals surface area contributed by atoms with Gasteiger partial charge >= 0.3 is 0 Å². The molecule has 0 radical (unpaired) electrons. The van der Waals surface area contributed by atoms with Crippen LogP contribution in [-0.2, 0) is 5.41 Å². The Labute approximate surface area is 338 Å². The summed E-state index contributed by atoms with van der Waals surface area (Å²) in [7, 11) is 0. The van der Waals surface area contributed by atoms with Crippen molar-refractivity contribution in [2.45, 2.75) is 19.3 Å². The zero-order valence-corrected chi connectivity index (χ0v) is 32.2. The van der Waals surface area contributed by atoms with Gasteiger partial charge in [-0.25, -0.2) is 15.0 Å². The van der Waals surface area contributed by atoms with Gasteiger partial charge in [0, 0.05) is 45.6 Å². The Kier molecular flexibility index (Phi) is 8.76. The second-order valence-corrected chi connectivity index (χ2v) is 15.2. The molecule has 0 aliphatic carbocycles. The normalized spacial score (nSPS) is 12.6. The molecule has 2 aromatic heterocycles. The SMILES string of the molecule is CC1(C)c2ccccc2Oc2ccc(-c3cccc(-c4cccc(-c5cc(-c6ccncc6)cc(-c6nc(-c7ccccc7)nc(-c7ccccc7)n6)c5)c4)c3)cc21. The fourth-order valence-corrected chi connectivity index (χ4v) is 7.95. The molecule has 0 saturated carbocycles. The van der Waals surface area contributed by atoms with Crippen molar-refractivity contribution in [3.05, 3.63) is 206 Å². The smallest absolute Gasteiger partial charge is 0.164 e. The summed E-state index contributed by atoms with van der Waals surface area (Å²) in [5.41, 5.74) is 13.8. The van der Waals surface area contributed by atoms with Crippen molar-refractivity contribution in [3.8, 4) is 90.2 Å². The summed E-state index contributed by atoms with van der Waals surface area (Å²) in [6.07, 6.45) is 3.66. The van der Waals surface area contributed by atoms with Gasteiger partial charge in [0.05, 0.1) is 0 Å². The average molecular weight is 747 g/mol. The summed E-state index contributed by atoms with van der Waals surface area (Å²) in [6, 6.07) is 63.3. The number of rotatable bonds is 7. The van der Waals surface area contributed by atoms with Gasteiger partial charge in [-0.3, -0.25) is 4.98 Å². The molecule has 276 valence electrons. The van der Waals surface area contributed by atoms with Crippen LogP contribution >= 0.6 is 0 Å². The van der Waals surface area contributed by atoms with E-state index in [9.17, 15) is 0 Å². The molecule has 0 fully saturated rings. The van der Waals surface area contributed by atoms with E-state index in [4.69, 9.17) is 19.7 Å². The quantitative estimate of drug-likeness (QED) is 0.162. The maximum Gasteiger partial charge on any atom is 0.164 e. The molecule has 0 atom stereocenters. The van der Waals surface area contributed by atoms with Crippen molar-refractivity contribution < 1.29 is 4.74 Å². The third-order valence-corrected chi connectivity index (χ3v) is 11.1. The van der Waals surface area contributed by atoms with Gasteiger partial charge in [0.2, 0.25) is 0 Å². The predicted molar refractivity (Wildman–Crippen MR) is 234 cm³/mol. The molecule has 5 heteroatoms. The maximum atomic E-state index is 6.36. The molecule has 7 aromatic carbocycles. The number of benzene rings is 7. The lowest BCUT2D eigenvalue weighted by atomic mass is 9.75. The third kappa shape index (κ3) is 6.63. The molecule has 0 saturated heterocycles. The third-order valence-electron chi connectivity index (χ3n) is 11.1. The highest BCUT2D eigenvalue weighted by molar-refractivity contribution is 5.83. The average Bonchev–Trinajstić information content (AvgIpc) is 3.29. The number of aromatic nitrogens is 4. The molecule has 1 aliphatic heterocycles. The Morgan fingerprint density at radius 1 is 0.328 bits per heavy atom. The molecular weight excluding hydrogens is 709 g/mol. The van der Waals surface area contributed by atoms with E-state index >= 15 is 0 Å². The monoisotopic (exact) mass is 746 g/mol. The standard InChI is InChI=1S/C53H38N4O/c1-53(2)46-21-9-10-22-48(46)58-49-24-23-42(34-47(49)53)40-19-11-17-38(29-40)39-18-12-20-41(30-39)44-31-43(35-25-27-54-28-26-35)32-45(33-44)52-56-50(36-13-5-3-6-14-36)55-51(57-52)37-15-7-4-8-16-37/h3-34H,1-2H3. The molecular formula is C53H38N4O. The molecule has 3 heterocycles. The second kappa shape index (κ2) is 14.5. The van der Waals surface area contributed by atoms with Crippen molar-refractivity contribution in [2.75, 3.05) is 0 Å². The fraction of sp³-hybridized carbons (Fsp3) is 0.0566. The van der Waals surface area contributed by atoms with Crippen LogP contribution in [0.25, 0.3) is 78.7 Å². The van der Waals surface area contributed by atoms with Crippen molar-refractivity contribution in [3.63, 3.8) is 0 Å². The predicted octanol–water partition coefficient (Wildman–Crippen LogP) is 13.4. The van der Waals surface area contributed by atoms with Gasteiger partial charge in [0.15, 0.2) is 17.5 Å². The molecule has 1 aliphatic rings. The lowest BCUT2D eigenvalue weighted by molar-refractivity contribution is 0.418. The Morgan fingerprint density at radius 3 is 1.36 bits per heavy atom. The highest BCUT2D eigenvalue weighted by Crippen LogP contribution is 2.49. The number of ether oxygens (including phenoxy) is 1. The molecule has 0 N–H and O–H groups in total. The van der Waals surface area contributed by atoms with E-state index in [-0.39, 0.29) is 5.41 Å². The minimum atomic E-state index is -0.191. The Morgan fingerprint density at radius 2 is 0.759 bits per heavy atom. The van der Waals surface area contributed by atoms with Crippen LogP contribution in [0.4, 0.5) is 0 Å². The first kappa shape index (κ1) is 35.0. The number of hydrogen-bond donors (Lipinski definition) is 0. The number of hydrogen-bond acceptors (Lipinski definition) is 5. The fourth-order valence-electron chi connectivity index (χ4n) is 7.95. The summed E-state index contributed by atoms with van der Waals surface area (Å²) in [6.45, 7) is 4.55. The van der Waals surface area contributed by atoms with E-state index in [2.05, 4.69) is 122 Å². The number of nitrogens with zero attached hydrogens (tertiary/aromatic N) is 4. The Hall–Kier alpha value is -7.50. The molecule has 0 spiro atoms. The van der Waals surface area contributed by atoms with Crippen LogP contribution in [0.1, 0.15) is 25.0 Å². The molecule has 58 heavy (non-hydrogen) atoms. The summed E-state index contributed by atoms with van der Waals surface area (Å²) in [4.78, 5) is 19.4. The number of para-hydroxylation sites is 1. The molecule has 10 rings (SSSR count). The van der Waals surface area contributed by atoms with E-state index in [0.717, 1.165) is 72.7 Å². The maximum absolute atomic E-state index is 6.36. The van der Waals surface area contributed by atoms with E-state index < -0.39 is 0 Å². The van der Waals surface area contributed by atoms with Crippen LogP contribution in [0, 0.1) is 0 Å². The summed E-state index contributed by atoms with van der Waals surface area (Å²) >= 11 is 0.